The summed E-state index contributed by atoms with van der Waals surface area (Å²) in [6.45, 7) is 4.42. The number of amides is 2. The third-order valence-electron chi connectivity index (χ3n) is 5.01. The average molecular weight is 385 g/mol. The van der Waals surface area contributed by atoms with Crippen molar-refractivity contribution in [2.45, 2.75) is 13.8 Å². The lowest BCUT2D eigenvalue weighted by Crippen LogP contribution is -2.50. The molecule has 8 heteroatoms. The summed E-state index contributed by atoms with van der Waals surface area (Å²) in [6.07, 6.45) is 0. The molecule has 1 saturated heterocycles. The minimum Gasteiger partial charge on any atom is -0.335 e. The maximum absolute atomic E-state index is 13.7. The molecule has 2 amide bonds. The number of halogens is 1. The van der Waals surface area contributed by atoms with E-state index in [1.165, 1.54) is 18.2 Å². The van der Waals surface area contributed by atoms with E-state index < -0.39 is 10.7 Å². The highest BCUT2D eigenvalue weighted by molar-refractivity contribution is 5.97. The van der Waals surface area contributed by atoms with Crippen molar-refractivity contribution in [1.29, 1.82) is 0 Å². The van der Waals surface area contributed by atoms with E-state index in [0.29, 0.717) is 37.3 Å². The first-order valence-corrected chi connectivity index (χ1v) is 8.88. The Morgan fingerprint density at radius 1 is 1.00 bits per heavy atom. The van der Waals surface area contributed by atoms with Crippen molar-refractivity contribution in [3.63, 3.8) is 0 Å². The standard InChI is InChI=1S/C20H20FN3O4/c1-13-6-7-15(12-17(13)21)19(25)22-8-10-23(11-9-22)20(26)16-4-3-5-18(14(16)2)24(27)28/h3-7,12H,8-11H2,1-2H3. The summed E-state index contributed by atoms with van der Waals surface area (Å²) in [4.78, 5) is 39.1. The zero-order valence-electron chi connectivity index (χ0n) is 15.6. The molecular formula is C20H20FN3O4. The molecule has 0 unspecified atom stereocenters. The van der Waals surface area contributed by atoms with Gasteiger partial charge in [0.1, 0.15) is 5.82 Å². The first-order chi connectivity index (χ1) is 13.3. The largest absolute Gasteiger partial charge is 0.335 e. The summed E-state index contributed by atoms with van der Waals surface area (Å²) in [6, 6.07) is 8.80. The molecule has 1 fully saturated rings. The van der Waals surface area contributed by atoms with Gasteiger partial charge < -0.3 is 9.80 Å². The van der Waals surface area contributed by atoms with Gasteiger partial charge in [0, 0.05) is 48.9 Å². The van der Waals surface area contributed by atoms with Gasteiger partial charge in [-0.1, -0.05) is 12.1 Å². The number of nitro benzene ring substituents is 1. The fourth-order valence-corrected chi connectivity index (χ4v) is 3.24. The number of rotatable bonds is 3. The van der Waals surface area contributed by atoms with Crippen LogP contribution in [0.2, 0.25) is 0 Å². The second kappa shape index (κ2) is 7.75. The van der Waals surface area contributed by atoms with Crippen LogP contribution in [0.4, 0.5) is 10.1 Å². The number of carbonyl (C=O) groups excluding carboxylic acids is 2. The predicted octanol–water partition coefficient (Wildman–Crippen LogP) is 2.95. The van der Waals surface area contributed by atoms with Gasteiger partial charge >= 0.3 is 0 Å². The Bertz CT molecular complexity index is 952. The van der Waals surface area contributed by atoms with Gasteiger partial charge in [0.15, 0.2) is 0 Å². The SMILES string of the molecule is Cc1ccc(C(=O)N2CCN(C(=O)c3cccc([N+](=O)[O-])c3C)CC2)cc1F. The van der Waals surface area contributed by atoms with Gasteiger partial charge in [-0.2, -0.15) is 0 Å². The quantitative estimate of drug-likeness (QED) is 0.601. The zero-order chi connectivity index (χ0) is 20.4. The van der Waals surface area contributed by atoms with Crippen LogP contribution in [0.5, 0.6) is 0 Å². The van der Waals surface area contributed by atoms with Gasteiger partial charge in [-0.05, 0) is 37.6 Å². The summed E-state index contributed by atoms with van der Waals surface area (Å²) >= 11 is 0. The van der Waals surface area contributed by atoms with Crippen molar-refractivity contribution in [2.75, 3.05) is 26.2 Å². The van der Waals surface area contributed by atoms with Crippen LogP contribution in [-0.4, -0.2) is 52.7 Å². The van der Waals surface area contributed by atoms with Gasteiger partial charge in [0.25, 0.3) is 17.5 Å². The summed E-state index contributed by atoms with van der Waals surface area (Å²) in [7, 11) is 0. The van der Waals surface area contributed by atoms with E-state index in [4.69, 9.17) is 0 Å². The van der Waals surface area contributed by atoms with E-state index in [9.17, 15) is 24.1 Å². The van der Waals surface area contributed by atoms with Crippen molar-refractivity contribution in [1.82, 2.24) is 9.80 Å². The number of hydrogen-bond donors (Lipinski definition) is 0. The number of carbonyl (C=O) groups is 2. The third kappa shape index (κ3) is 3.71. The molecule has 28 heavy (non-hydrogen) atoms. The van der Waals surface area contributed by atoms with Gasteiger partial charge in [0.05, 0.1) is 4.92 Å². The molecule has 7 nitrogen and oxygen atoms in total. The number of hydrogen-bond acceptors (Lipinski definition) is 4. The van der Waals surface area contributed by atoms with Gasteiger partial charge in [-0.3, -0.25) is 19.7 Å². The topological polar surface area (TPSA) is 83.8 Å². The highest BCUT2D eigenvalue weighted by atomic mass is 19.1. The Morgan fingerprint density at radius 3 is 2.18 bits per heavy atom. The third-order valence-corrected chi connectivity index (χ3v) is 5.01. The van der Waals surface area contributed by atoms with Crippen LogP contribution >= 0.6 is 0 Å². The van der Waals surface area contributed by atoms with Gasteiger partial charge in [0.2, 0.25) is 0 Å². The van der Waals surface area contributed by atoms with E-state index in [-0.39, 0.29) is 28.6 Å². The molecule has 1 aliphatic heterocycles. The van der Waals surface area contributed by atoms with Crippen molar-refractivity contribution in [2.24, 2.45) is 0 Å². The van der Waals surface area contributed by atoms with E-state index in [1.54, 1.807) is 41.8 Å². The molecule has 0 aromatic heterocycles. The van der Waals surface area contributed by atoms with Crippen LogP contribution in [0, 0.1) is 29.8 Å². The van der Waals surface area contributed by atoms with Crippen LogP contribution < -0.4 is 0 Å². The second-order valence-corrected chi connectivity index (χ2v) is 6.76. The fourth-order valence-electron chi connectivity index (χ4n) is 3.24. The average Bonchev–Trinajstić information content (AvgIpc) is 2.69. The van der Waals surface area contributed by atoms with E-state index in [2.05, 4.69) is 0 Å². The number of benzene rings is 2. The van der Waals surface area contributed by atoms with Crippen LogP contribution in [0.3, 0.4) is 0 Å². The minimum absolute atomic E-state index is 0.0962. The molecule has 2 aromatic rings. The Balaban J connectivity index is 1.69. The van der Waals surface area contributed by atoms with E-state index in [1.807, 2.05) is 0 Å². The van der Waals surface area contributed by atoms with E-state index in [0.717, 1.165) is 0 Å². The molecule has 0 atom stereocenters. The lowest BCUT2D eigenvalue weighted by atomic mass is 10.0. The van der Waals surface area contributed by atoms with E-state index >= 15 is 0 Å². The monoisotopic (exact) mass is 385 g/mol. The maximum Gasteiger partial charge on any atom is 0.273 e. The normalized spacial score (nSPS) is 14.1. The summed E-state index contributed by atoms with van der Waals surface area (Å²) in [5.41, 5.74) is 1.26. The number of aryl methyl sites for hydroxylation is 1. The summed E-state index contributed by atoms with van der Waals surface area (Å²) < 4.78 is 13.7. The summed E-state index contributed by atoms with van der Waals surface area (Å²) in [5, 5.41) is 11.1. The first-order valence-electron chi connectivity index (χ1n) is 8.88. The zero-order valence-corrected chi connectivity index (χ0v) is 15.6. The van der Waals surface area contributed by atoms with Gasteiger partial charge in [-0.15, -0.1) is 0 Å². The highest BCUT2D eigenvalue weighted by Crippen LogP contribution is 2.23. The summed E-state index contributed by atoms with van der Waals surface area (Å²) in [5.74, 6) is -1.01. The first kappa shape index (κ1) is 19.5. The number of nitro groups is 1. The van der Waals surface area contributed by atoms with Crippen molar-refractivity contribution < 1.29 is 18.9 Å². The Kier molecular flexibility index (Phi) is 5.39. The Hall–Kier alpha value is -3.29. The molecule has 0 saturated carbocycles. The molecule has 0 spiro atoms. The lowest BCUT2D eigenvalue weighted by Gasteiger charge is -2.35. The smallest absolute Gasteiger partial charge is 0.273 e. The van der Waals surface area contributed by atoms with Crippen molar-refractivity contribution >= 4 is 17.5 Å². The molecule has 2 aromatic carbocycles. The van der Waals surface area contributed by atoms with Gasteiger partial charge in [-0.25, -0.2) is 4.39 Å². The second-order valence-electron chi connectivity index (χ2n) is 6.76. The maximum atomic E-state index is 13.7. The van der Waals surface area contributed by atoms with Crippen LogP contribution in [0.25, 0.3) is 0 Å². The molecule has 1 heterocycles. The Morgan fingerprint density at radius 2 is 1.61 bits per heavy atom. The molecular weight excluding hydrogens is 365 g/mol. The van der Waals surface area contributed by atoms with Crippen molar-refractivity contribution in [3.8, 4) is 0 Å². The van der Waals surface area contributed by atoms with Crippen LogP contribution in [-0.2, 0) is 0 Å². The Labute approximate surface area is 161 Å². The molecule has 1 aliphatic rings. The number of nitrogens with zero attached hydrogens (tertiary/aromatic N) is 3. The molecule has 0 aliphatic carbocycles. The molecule has 0 N–H and O–H groups in total. The molecule has 0 radical (unpaired) electrons. The lowest BCUT2D eigenvalue weighted by molar-refractivity contribution is -0.385. The molecule has 3 rings (SSSR count). The fraction of sp³-hybridized carbons (Fsp3) is 0.300. The van der Waals surface area contributed by atoms with Crippen LogP contribution in [0.1, 0.15) is 31.8 Å². The van der Waals surface area contributed by atoms with Crippen molar-refractivity contribution in [3.05, 3.63) is 74.6 Å². The minimum atomic E-state index is -0.510. The molecule has 0 bridgehead atoms. The highest BCUT2D eigenvalue weighted by Gasteiger charge is 2.28. The predicted molar refractivity (Wildman–Crippen MR) is 101 cm³/mol. The molecule has 146 valence electrons. The number of piperazine rings is 1. The van der Waals surface area contributed by atoms with Crippen LogP contribution in [0.15, 0.2) is 36.4 Å².